The first-order valence-corrected chi connectivity index (χ1v) is 34.3. The Morgan fingerprint density at radius 2 is 0.832 bits per heavy atom. The average molecular weight is 1450 g/mol. The predicted molar refractivity (Wildman–Crippen MR) is 390 cm³/mol. The zero-order valence-electron chi connectivity index (χ0n) is 55.2. The van der Waals surface area contributed by atoms with Crippen molar-refractivity contribution in [3.8, 4) is 17.2 Å². The van der Waals surface area contributed by atoms with Gasteiger partial charge in [-0.05, 0) is 209 Å². The highest BCUT2D eigenvalue weighted by Gasteiger charge is 2.20. The van der Waals surface area contributed by atoms with E-state index in [0.717, 1.165) is 16.7 Å². The third-order valence-electron chi connectivity index (χ3n) is 13.6. The summed E-state index contributed by atoms with van der Waals surface area (Å²) in [5.74, 6) is 2.45. The fourth-order valence-electron chi connectivity index (χ4n) is 9.31. The van der Waals surface area contributed by atoms with Gasteiger partial charge in [0.25, 0.3) is 0 Å². The number of nitrogens with one attached hydrogen (secondary N) is 2. The third-order valence-corrected chi connectivity index (χ3v) is 16.2. The van der Waals surface area contributed by atoms with Crippen molar-refractivity contribution in [1.82, 2.24) is 42.4 Å². The molecule has 2 N–H and O–H groups in total. The summed E-state index contributed by atoms with van der Waals surface area (Å²) in [7, 11) is 1.61. The molecule has 0 aliphatic rings. The van der Waals surface area contributed by atoms with E-state index < -0.39 is 0 Å². The van der Waals surface area contributed by atoms with Crippen molar-refractivity contribution >= 4 is 123 Å². The van der Waals surface area contributed by atoms with Gasteiger partial charge in [0.2, 0.25) is 27.9 Å². The Balaban J connectivity index is 0.000000201. The van der Waals surface area contributed by atoms with Crippen molar-refractivity contribution in [2.45, 2.75) is 144 Å². The van der Waals surface area contributed by atoms with E-state index in [1.165, 1.54) is 16.3 Å². The van der Waals surface area contributed by atoms with Gasteiger partial charge in [-0.3, -0.25) is 32.4 Å². The van der Waals surface area contributed by atoms with Gasteiger partial charge in [0.15, 0.2) is 5.16 Å². The Kier molecular flexibility index (Phi) is 27.3. The number of anilines is 4. The second-order valence-corrected chi connectivity index (χ2v) is 26.9. The molecule has 0 aliphatic heterocycles. The summed E-state index contributed by atoms with van der Waals surface area (Å²) in [5, 5.41) is 10.3. The van der Waals surface area contributed by atoms with Gasteiger partial charge in [-0.1, -0.05) is 118 Å². The van der Waals surface area contributed by atoms with Crippen LogP contribution in [-0.4, -0.2) is 74.0 Å². The molecule has 0 fully saturated rings. The maximum atomic E-state index is 13.5. The summed E-state index contributed by atoms with van der Waals surface area (Å²) in [6.07, 6.45) is 1.91. The van der Waals surface area contributed by atoms with Crippen molar-refractivity contribution < 1.29 is 14.2 Å². The average Bonchev–Trinajstić information content (AvgIpc) is 0.801. The molecular weight excluding hydrogens is 1370 g/mol. The number of nitrogens with zero attached hydrogens (tertiary/aromatic N) is 11. The van der Waals surface area contributed by atoms with Crippen LogP contribution in [0.1, 0.15) is 118 Å². The topological polar surface area (TPSA) is 196 Å². The summed E-state index contributed by atoms with van der Waals surface area (Å²) in [6, 6.07) is 37.7. The molecule has 95 heavy (non-hydrogen) atoms. The molecule has 0 aliphatic carbocycles. The molecule has 0 bridgehead atoms. The summed E-state index contributed by atoms with van der Waals surface area (Å²) >= 11 is 44.0. The largest absolute Gasteiger partial charge is 0.489 e. The fourth-order valence-corrected chi connectivity index (χ4v) is 11.4. The molecule has 0 atom stereocenters. The molecule has 9 aromatic rings. The van der Waals surface area contributed by atoms with E-state index in [9.17, 15) is 14.4 Å². The van der Waals surface area contributed by atoms with Crippen molar-refractivity contribution in [3.05, 3.63) is 222 Å². The van der Waals surface area contributed by atoms with Crippen LogP contribution in [0, 0.1) is 4.77 Å². The van der Waals surface area contributed by atoms with E-state index in [1.54, 1.807) is 109 Å². The number of rotatable bonds is 21. The van der Waals surface area contributed by atoms with Crippen LogP contribution in [0.5, 0.6) is 17.2 Å². The molecule has 0 radical (unpaired) electrons. The molecule has 0 spiro atoms. The summed E-state index contributed by atoms with van der Waals surface area (Å²) in [4.78, 5) is 62.9. The number of halogens is 6. The Morgan fingerprint density at radius 3 is 1.20 bits per heavy atom. The first-order chi connectivity index (χ1) is 45.0. The molecule has 0 unspecified atom stereocenters. The highest BCUT2D eigenvalue weighted by molar-refractivity contribution is 7.98. The molecule has 27 heteroatoms. The number of aromatic nitrogens is 9. The lowest BCUT2D eigenvalue weighted by atomic mass is 10.2. The zero-order chi connectivity index (χ0) is 69.5. The third kappa shape index (κ3) is 20.6. The SMILES string of the molecule is CC(C)Oc1ccc(Nc2nc(=S)n(C(C)C)c(=O)n2Cc2ccc(Cl)cc2)cc1Cl.CN=c1nc(Nc2ccc(OC(C)C)c(Cl)c2)n(Cc2ccc(Cl)cc2)c(=O)n1C(C)C.CSc1nc(=Nc2ccc(OC(C)C)c(Cl)c2)n(Cc2ccc(Cl)cc2)c(=O)n1C(C)C. The van der Waals surface area contributed by atoms with Crippen molar-refractivity contribution in [3.63, 3.8) is 0 Å². The molecular formula is C68H77Cl6N13O6S2. The lowest BCUT2D eigenvalue weighted by Gasteiger charge is -2.19. The van der Waals surface area contributed by atoms with E-state index in [2.05, 4.69) is 30.6 Å². The second kappa shape index (κ2) is 34.6. The molecule has 19 nitrogen and oxygen atoms in total. The highest BCUT2D eigenvalue weighted by Crippen LogP contribution is 2.33. The summed E-state index contributed by atoms with van der Waals surface area (Å²) in [5.41, 5.74) is 4.64. The highest BCUT2D eigenvalue weighted by atomic mass is 35.5. The monoisotopic (exact) mass is 1450 g/mol. The number of thioether (sulfide) groups is 1. The fraction of sp³-hybridized carbons (Fsp3) is 0.338. The zero-order valence-corrected chi connectivity index (χ0v) is 61.3. The Labute approximate surface area is 592 Å². The summed E-state index contributed by atoms with van der Waals surface area (Å²) in [6.45, 7) is 24.1. The van der Waals surface area contributed by atoms with Crippen LogP contribution in [0.3, 0.4) is 0 Å². The van der Waals surface area contributed by atoms with E-state index >= 15 is 0 Å². The maximum absolute atomic E-state index is 13.5. The van der Waals surface area contributed by atoms with Crippen LogP contribution in [-0.2, 0) is 19.6 Å². The van der Waals surface area contributed by atoms with E-state index in [-0.39, 0.29) is 58.3 Å². The lowest BCUT2D eigenvalue weighted by Crippen LogP contribution is -2.44. The Hall–Kier alpha value is -7.34. The van der Waals surface area contributed by atoms with Crippen molar-refractivity contribution in [1.29, 1.82) is 0 Å². The smallest absolute Gasteiger partial charge is 0.334 e. The second-order valence-electron chi connectivity index (χ2n) is 23.2. The van der Waals surface area contributed by atoms with Gasteiger partial charge in [-0.15, -0.1) is 0 Å². The van der Waals surface area contributed by atoms with E-state index in [4.69, 9.17) is 101 Å². The number of hydrogen-bond acceptors (Lipinski definition) is 15. The van der Waals surface area contributed by atoms with Gasteiger partial charge < -0.3 is 24.8 Å². The van der Waals surface area contributed by atoms with Gasteiger partial charge in [-0.2, -0.15) is 15.0 Å². The molecule has 504 valence electrons. The summed E-state index contributed by atoms with van der Waals surface area (Å²) < 4.78 is 26.7. The van der Waals surface area contributed by atoms with Crippen LogP contribution >= 0.6 is 93.6 Å². The van der Waals surface area contributed by atoms with Crippen LogP contribution < -0.4 is 53.1 Å². The Bertz CT molecular complexity index is 4530. The van der Waals surface area contributed by atoms with Crippen LogP contribution in [0.25, 0.3) is 0 Å². The Morgan fingerprint density at radius 1 is 0.463 bits per heavy atom. The molecule has 3 heterocycles. The quantitative estimate of drug-likeness (QED) is 0.0510. The van der Waals surface area contributed by atoms with Gasteiger partial charge in [-0.25, -0.2) is 19.4 Å². The minimum atomic E-state index is -0.252. The van der Waals surface area contributed by atoms with Crippen LogP contribution in [0.4, 0.5) is 29.0 Å². The van der Waals surface area contributed by atoms with Gasteiger partial charge in [0, 0.05) is 51.6 Å². The normalized spacial score (nSPS) is 11.8. The lowest BCUT2D eigenvalue weighted by molar-refractivity contribution is 0.242. The molecule has 6 aromatic carbocycles. The van der Waals surface area contributed by atoms with E-state index in [1.807, 2.05) is 138 Å². The first-order valence-electron chi connectivity index (χ1n) is 30.4. The standard InChI is InChI=1S/C23H27Cl2N5O2.C23H26Cl2N4O2S.C22H24Cl2N4O2S/c1-14(2)30-21(26-5)28-22(27-18-10-11-20(19(25)12-18)32-15(3)4)29(23(30)31)13-16-6-8-17(24)9-7-16;1-14(2)29-22(32-5)27-21(26-18-10-11-20(19(25)12-18)31-15(3)4)28(23(29)30)13-16-6-8-17(24)9-7-16;1-13(2)28-21(31)26-20(25-17-9-10-19(18(24)11-17)30-14(3)4)27(22(28)29)12-15-5-7-16(23)8-6-15/h6-12,14-15H,13H2,1-5H3,(H,26,27,28);6-12,14-15H,13H2,1-5H3;5-11,13-14H,12H2,1-4H3,(H,25,26,31). The van der Waals surface area contributed by atoms with Gasteiger partial charge >= 0.3 is 17.1 Å². The van der Waals surface area contributed by atoms with Crippen molar-refractivity contribution in [2.75, 3.05) is 23.9 Å². The molecule has 0 saturated heterocycles. The number of ether oxygens (including phenoxy) is 3. The van der Waals surface area contributed by atoms with Crippen molar-refractivity contribution in [2.24, 2.45) is 9.98 Å². The van der Waals surface area contributed by atoms with E-state index in [0.29, 0.717) is 112 Å². The maximum Gasteiger partial charge on any atom is 0.334 e. The molecule has 3 aromatic heterocycles. The van der Waals surface area contributed by atoms with Gasteiger partial charge in [0.1, 0.15) is 17.2 Å². The minimum Gasteiger partial charge on any atom is -0.489 e. The first kappa shape index (κ1) is 75.0. The number of hydrogen-bond donors (Lipinski definition) is 2. The van der Waals surface area contributed by atoms with Gasteiger partial charge in [0.05, 0.1) is 58.7 Å². The molecule has 0 saturated carbocycles. The minimum absolute atomic E-state index is 0.00547. The van der Waals surface area contributed by atoms with Crippen LogP contribution in [0.2, 0.25) is 30.1 Å². The number of benzene rings is 6. The van der Waals surface area contributed by atoms with Crippen LogP contribution in [0.15, 0.2) is 157 Å². The molecule has 0 amide bonds. The predicted octanol–water partition coefficient (Wildman–Crippen LogP) is 17.0. The molecule has 9 rings (SSSR count).